The van der Waals surface area contributed by atoms with Crippen molar-refractivity contribution >= 4 is 34.7 Å². The van der Waals surface area contributed by atoms with Gasteiger partial charge in [0.25, 0.3) is 5.91 Å². The Hall–Kier alpha value is -4.02. The number of pyridine rings is 1. The number of Topliss-reactive ketones (excluding diaryl/α,β-unsaturated/α-hetero) is 1. The van der Waals surface area contributed by atoms with Crippen LogP contribution in [-0.2, 0) is 7.05 Å². The maximum atomic E-state index is 13.0. The summed E-state index contributed by atoms with van der Waals surface area (Å²) in [6, 6.07) is 3.74. The molecule has 2 atom stereocenters. The molecule has 0 radical (unpaired) electrons. The highest BCUT2D eigenvalue weighted by atomic mass is 16.1. The zero-order chi connectivity index (χ0) is 25.1. The Labute approximate surface area is 204 Å². The quantitative estimate of drug-likeness (QED) is 0.469. The highest BCUT2D eigenvalue weighted by Crippen LogP contribution is 2.31. The van der Waals surface area contributed by atoms with Crippen LogP contribution >= 0.6 is 0 Å². The largest absolute Gasteiger partial charge is 0.376 e. The Balaban J connectivity index is 1.52. The molecule has 0 bridgehead atoms. The summed E-state index contributed by atoms with van der Waals surface area (Å²) in [5, 5.41) is 7.22. The molecule has 0 unspecified atom stereocenters. The Morgan fingerprint density at radius 3 is 2.63 bits per heavy atom. The average Bonchev–Trinajstić information content (AvgIpc) is 3.24. The number of aromatic nitrogens is 5. The lowest BCUT2D eigenvalue weighted by molar-refractivity contribution is 0.0940. The molecule has 1 amide bonds. The number of anilines is 4. The van der Waals surface area contributed by atoms with E-state index in [9.17, 15) is 9.59 Å². The van der Waals surface area contributed by atoms with E-state index in [4.69, 9.17) is 5.73 Å². The Morgan fingerprint density at radius 2 is 2.00 bits per heavy atom. The van der Waals surface area contributed by atoms with E-state index in [1.165, 1.54) is 0 Å². The smallest absolute Gasteiger partial charge is 0.271 e. The molecule has 0 aliphatic carbocycles. The second kappa shape index (κ2) is 10.1. The van der Waals surface area contributed by atoms with Crippen LogP contribution < -0.4 is 20.9 Å². The summed E-state index contributed by atoms with van der Waals surface area (Å²) in [5.41, 5.74) is 7.68. The summed E-state index contributed by atoms with van der Waals surface area (Å²) in [7, 11) is 5.67. The first-order valence-electron chi connectivity index (χ1n) is 11.6. The van der Waals surface area contributed by atoms with Gasteiger partial charge >= 0.3 is 0 Å². The van der Waals surface area contributed by atoms with Gasteiger partial charge in [-0.15, -0.1) is 0 Å². The number of hydrogen-bond donors (Lipinski definition) is 2. The SMILES string of the molecule is C[C@@H]1[C@H](CC(=O)c2ccc(N(C)C)cn2)CCCN1c1cnc(C(N)=O)c(Nc2cnn(C)c2)n1. The minimum absolute atomic E-state index is 0.0306. The summed E-state index contributed by atoms with van der Waals surface area (Å²) in [4.78, 5) is 42.3. The van der Waals surface area contributed by atoms with Crippen molar-refractivity contribution in [3.63, 3.8) is 0 Å². The predicted octanol–water partition coefficient (Wildman–Crippen LogP) is 2.39. The van der Waals surface area contributed by atoms with Crippen molar-refractivity contribution in [3.05, 3.63) is 48.3 Å². The summed E-state index contributed by atoms with van der Waals surface area (Å²) < 4.78 is 1.64. The van der Waals surface area contributed by atoms with Gasteiger partial charge in [-0.25, -0.2) is 9.97 Å². The van der Waals surface area contributed by atoms with Crippen LogP contribution in [0.5, 0.6) is 0 Å². The predicted molar refractivity (Wildman–Crippen MR) is 134 cm³/mol. The fourth-order valence-corrected chi connectivity index (χ4v) is 4.39. The van der Waals surface area contributed by atoms with Crippen LogP contribution in [0.15, 0.2) is 36.9 Å². The van der Waals surface area contributed by atoms with Gasteiger partial charge in [0.1, 0.15) is 11.5 Å². The van der Waals surface area contributed by atoms with E-state index in [0.717, 1.165) is 25.1 Å². The van der Waals surface area contributed by atoms with E-state index in [1.807, 2.05) is 25.1 Å². The number of ketones is 1. The highest BCUT2D eigenvalue weighted by molar-refractivity contribution is 5.96. The van der Waals surface area contributed by atoms with E-state index in [1.54, 1.807) is 42.6 Å². The third-order valence-corrected chi connectivity index (χ3v) is 6.40. The first-order valence-corrected chi connectivity index (χ1v) is 11.6. The molecule has 35 heavy (non-hydrogen) atoms. The number of carbonyl (C=O) groups excluding carboxylic acids is 2. The van der Waals surface area contributed by atoms with Crippen LogP contribution in [0.2, 0.25) is 0 Å². The van der Waals surface area contributed by atoms with Gasteiger partial charge in [0.05, 0.1) is 30.0 Å². The van der Waals surface area contributed by atoms with Gasteiger partial charge in [-0.1, -0.05) is 0 Å². The monoisotopic (exact) mass is 477 g/mol. The number of rotatable bonds is 8. The molecule has 0 spiro atoms. The summed E-state index contributed by atoms with van der Waals surface area (Å²) in [6.45, 7) is 2.87. The van der Waals surface area contributed by atoms with Gasteiger partial charge < -0.3 is 20.9 Å². The second-order valence-corrected chi connectivity index (χ2v) is 9.08. The molecule has 1 aliphatic heterocycles. The standard InChI is InChI=1S/C24H31N9O2/c1-15-16(10-20(34)19-8-7-18(12-26-19)31(2)3)6-5-9-33(15)21-13-27-22(23(25)35)24(30-21)29-17-11-28-32(4)14-17/h7-8,11-16H,5-6,9-10H2,1-4H3,(H2,25,35)(H,29,30)/t15-,16+/m1/s1. The van der Waals surface area contributed by atoms with Gasteiger partial charge in [-0.05, 0) is 37.8 Å². The molecule has 3 aromatic heterocycles. The lowest BCUT2D eigenvalue weighted by atomic mass is 9.85. The molecule has 3 aromatic rings. The molecule has 0 aromatic carbocycles. The number of amides is 1. The number of nitrogens with one attached hydrogen (secondary N) is 1. The molecule has 184 valence electrons. The van der Waals surface area contributed by atoms with Crippen LogP contribution in [0.4, 0.5) is 23.0 Å². The van der Waals surface area contributed by atoms with E-state index in [2.05, 4.69) is 37.2 Å². The van der Waals surface area contributed by atoms with E-state index in [-0.39, 0.29) is 29.3 Å². The first kappa shape index (κ1) is 24.1. The molecule has 4 heterocycles. The zero-order valence-electron chi connectivity index (χ0n) is 20.5. The zero-order valence-corrected chi connectivity index (χ0v) is 20.5. The van der Waals surface area contributed by atoms with Crippen molar-refractivity contribution in [2.45, 2.75) is 32.2 Å². The molecule has 0 saturated carbocycles. The minimum Gasteiger partial charge on any atom is -0.376 e. The van der Waals surface area contributed by atoms with E-state index < -0.39 is 5.91 Å². The van der Waals surface area contributed by atoms with Gasteiger partial charge in [-0.3, -0.25) is 19.3 Å². The van der Waals surface area contributed by atoms with Crippen molar-refractivity contribution < 1.29 is 9.59 Å². The molecule has 1 fully saturated rings. The Morgan fingerprint density at radius 1 is 1.20 bits per heavy atom. The van der Waals surface area contributed by atoms with Crippen LogP contribution in [0.25, 0.3) is 0 Å². The summed E-state index contributed by atoms with van der Waals surface area (Å²) in [6.07, 6.45) is 8.94. The lowest BCUT2D eigenvalue weighted by Crippen LogP contribution is -2.44. The first-order chi connectivity index (χ1) is 16.7. The number of aryl methyl sites for hydroxylation is 1. The van der Waals surface area contributed by atoms with Crippen molar-refractivity contribution in [1.82, 2.24) is 24.7 Å². The van der Waals surface area contributed by atoms with Crippen LogP contribution in [0, 0.1) is 5.92 Å². The molecule has 1 aliphatic rings. The average molecular weight is 478 g/mol. The maximum Gasteiger partial charge on any atom is 0.271 e. The molecular formula is C24H31N9O2. The van der Waals surface area contributed by atoms with Gasteiger partial charge in [0, 0.05) is 46.3 Å². The van der Waals surface area contributed by atoms with Crippen molar-refractivity contribution in [2.24, 2.45) is 18.7 Å². The topological polar surface area (TPSA) is 135 Å². The molecule has 3 N–H and O–H groups in total. The molecule has 11 nitrogen and oxygen atoms in total. The molecule has 1 saturated heterocycles. The van der Waals surface area contributed by atoms with Crippen molar-refractivity contribution in [1.29, 1.82) is 0 Å². The third kappa shape index (κ3) is 5.39. The third-order valence-electron chi connectivity index (χ3n) is 6.40. The van der Waals surface area contributed by atoms with Crippen LogP contribution in [0.3, 0.4) is 0 Å². The number of nitrogens with zero attached hydrogens (tertiary/aromatic N) is 7. The summed E-state index contributed by atoms with van der Waals surface area (Å²) >= 11 is 0. The minimum atomic E-state index is -0.668. The van der Waals surface area contributed by atoms with E-state index in [0.29, 0.717) is 23.6 Å². The van der Waals surface area contributed by atoms with Crippen LogP contribution in [0.1, 0.15) is 47.2 Å². The number of nitrogens with two attached hydrogens (primary N) is 1. The van der Waals surface area contributed by atoms with Gasteiger partial charge in [-0.2, -0.15) is 5.10 Å². The van der Waals surface area contributed by atoms with Gasteiger partial charge in [0.2, 0.25) is 0 Å². The maximum absolute atomic E-state index is 13.0. The second-order valence-electron chi connectivity index (χ2n) is 9.08. The molecule has 4 rings (SSSR count). The normalized spacial score (nSPS) is 17.8. The lowest BCUT2D eigenvalue weighted by Gasteiger charge is -2.40. The Bertz CT molecular complexity index is 1210. The van der Waals surface area contributed by atoms with Crippen molar-refractivity contribution in [2.75, 3.05) is 35.8 Å². The number of carbonyl (C=O) groups is 2. The van der Waals surface area contributed by atoms with Gasteiger partial charge in [0.15, 0.2) is 17.3 Å². The van der Waals surface area contributed by atoms with Crippen molar-refractivity contribution in [3.8, 4) is 0 Å². The van der Waals surface area contributed by atoms with Crippen LogP contribution in [-0.4, -0.2) is 63.1 Å². The van der Waals surface area contributed by atoms with E-state index >= 15 is 0 Å². The molecule has 11 heteroatoms. The molecular weight excluding hydrogens is 446 g/mol. The fourth-order valence-electron chi connectivity index (χ4n) is 4.39. The number of hydrogen-bond acceptors (Lipinski definition) is 9. The highest BCUT2D eigenvalue weighted by Gasteiger charge is 2.31. The summed E-state index contributed by atoms with van der Waals surface area (Å²) in [5.74, 6) is 0.401. The number of primary amides is 1. The fraction of sp³-hybridized carbons (Fsp3) is 0.417. The Kier molecular flexibility index (Phi) is 6.94. The number of piperidine rings is 1.